The third-order valence-electron chi connectivity index (χ3n) is 17.8. The van der Waals surface area contributed by atoms with Gasteiger partial charge in [-0.1, -0.05) is 60.5 Å². The summed E-state index contributed by atoms with van der Waals surface area (Å²) in [4.78, 5) is 33.7. The lowest BCUT2D eigenvalue weighted by Gasteiger charge is -2.27. The Labute approximate surface area is 611 Å². The van der Waals surface area contributed by atoms with Crippen LogP contribution in [0.3, 0.4) is 0 Å². The van der Waals surface area contributed by atoms with E-state index >= 15 is 0 Å². The average molecular weight is 1470 g/mol. The monoisotopic (exact) mass is 1470 g/mol. The fourth-order valence-electron chi connectivity index (χ4n) is 11.5. The van der Waals surface area contributed by atoms with Crippen LogP contribution >= 0.6 is 23.2 Å². The fraction of sp³-hybridized carbons (Fsp3) is 0.297. The summed E-state index contributed by atoms with van der Waals surface area (Å²) in [5.74, 6) is 8.02. The molecule has 105 heavy (non-hydrogen) atoms. The van der Waals surface area contributed by atoms with Crippen molar-refractivity contribution in [2.45, 2.75) is 140 Å². The van der Waals surface area contributed by atoms with Gasteiger partial charge in [0.1, 0.15) is 101 Å². The standard InChI is InChI=1S/C19H20F2N6.C19H21FN6.2C18H18ClFN6/c1-2-15(13-6-5-12(20)7-14(13)21)24-17-9-18(23-10-22-17)25-19-8-16(26-27-19)11-3-4-11;1-19(2,13-5-7-14(20)8-6-13)24-17-10-16(21-11-22-17)23-18-9-15(25-26-18)12-3-4-12;2*1-10(13-5-4-12(19)6-14(13)20)23-16-8-17(22-9-21-16)24-18-7-15(25-26-18)11-2-3-11/h5-11,15H,2-4H2,1H3,(H3,22,23,24,25,26,27);5-12H,3-4H2,1-2H3,(H3,21,22,23,24,25,26);2*4-11H,2-3H2,1H3,(H3,21,22,23,24,25,26). The summed E-state index contributed by atoms with van der Waals surface area (Å²) in [6.45, 7) is 9.68. The summed E-state index contributed by atoms with van der Waals surface area (Å²) >= 11 is 11.6. The van der Waals surface area contributed by atoms with Gasteiger partial charge in [-0.25, -0.2) is 61.8 Å². The molecule has 0 aliphatic heterocycles. The van der Waals surface area contributed by atoms with E-state index in [2.05, 4.69) is 123 Å². The molecule has 12 aromatic rings. The van der Waals surface area contributed by atoms with Gasteiger partial charge in [-0.05, 0) is 134 Å². The molecule has 0 saturated heterocycles. The number of hydrogen-bond acceptors (Lipinski definition) is 20. The first-order valence-electron chi connectivity index (χ1n) is 34.5. The number of aromatic amines is 4. The van der Waals surface area contributed by atoms with Crippen molar-refractivity contribution in [3.8, 4) is 0 Å². The van der Waals surface area contributed by atoms with Gasteiger partial charge in [0.2, 0.25) is 0 Å². The van der Waals surface area contributed by atoms with E-state index in [0.29, 0.717) is 121 Å². The van der Waals surface area contributed by atoms with E-state index in [9.17, 15) is 22.0 Å². The molecule has 3 atom stereocenters. The number of aromatic nitrogens is 16. The van der Waals surface area contributed by atoms with Crippen LogP contribution in [-0.2, 0) is 5.54 Å². The van der Waals surface area contributed by atoms with Gasteiger partial charge < -0.3 is 42.5 Å². The van der Waals surface area contributed by atoms with E-state index in [1.165, 1.54) is 113 Å². The molecule has 4 aliphatic rings. The third kappa shape index (κ3) is 20.1. The van der Waals surface area contributed by atoms with E-state index in [4.69, 9.17) is 23.2 Å². The van der Waals surface area contributed by atoms with Crippen LogP contribution in [0.1, 0.15) is 179 Å². The van der Waals surface area contributed by atoms with E-state index < -0.39 is 17.2 Å². The number of hydrogen-bond donors (Lipinski definition) is 12. The number of H-pyrrole nitrogens is 4. The average Bonchev–Trinajstić information content (AvgIpc) is 1.47. The van der Waals surface area contributed by atoms with Crippen molar-refractivity contribution < 1.29 is 22.0 Å². The Morgan fingerprint density at radius 1 is 0.381 bits per heavy atom. The Morgan fingerprint density at radius 3 is 1.06 bits per heavy atom. The SMILES string of the molecule is CC(C)(Nc1cc(Nc2cc(C3CC3)[nH]n2)ncn1)c1ccc(F)cc1.CC(Nc1cc(Nc2cc(C3CC3)[nH]n2)ncn1)c1ccc(Cl)cc1F.CC(Nc1cc(Nc2cc(C3CC3)[nH]n2)ncn1)c1ccc(Cl)cc1F.CCC(Nc1cc(Nc2cc(C3CC3)[nH]n2)ncn1)c1ccc(F)cc1F. The second-order valence-electron chi connectivity index (χ2n) is 26.7. The number of nitrogens with zero attached hydrogens (tertiary/aromatic N) is 12. The van der Waals surface area contributed by atoms with Crippen molar-refractivity contribution in [3.05, 3.63) is 237 Å². The molecule has 0 radical (unpaired) electrons. The van der Waals surface area contributed by atoms with E-state index in [1.807, 2.05) is 65.0 Å². The summed E-state index contributed by atoms with van der Waals surface area (Å²) in [5.41, 5.74) is 6.57. The van der Waals surface area contributed by atoms with Gasteiger partial charge in [0, 0.05) is 128 Å². The van der Waals surface area contributed by atoms with Gasteiger partial charge in [-0.15, -0.1) is 0 Å². The van der Waals surface area contributed by atoms with Crippen LogP contribution in [0, 0.1) is 29.1 Å². The van der Waals surface area contributed by atoms with Crippen molar-refractivity contribution >= 4 is 93.0 Å². The largest absolute Gasteiger partial charge is 0.363 e. The number of benzene rings is 4. The molecule has 542 valence electrons. The number of nitrogens with one attached hydrogen (secondary N) is 12. The summed E-state index contributed by atoms with van der Waals surface area (Å²) in [5, 5.41) is 55.5. The zero-order valence-corrected chi connectivity index (χ0v) is 59.4. The van der Waals surface area contributed by atoms with Crippen LogP contribution in [0.5, 0.6) is 0 Å². The maximum atomic E-state index is 14.1. The van der Waals surface area contributed by atoms with Crippen molar-refractivity contribution in [2.75, 3.05) is 42.5 Å². The third-order valence-corrected chi connectivity index (χ3v) is 18.3. The Morgan fingerprint density at radius 2 is 0.705 bits per heavy atom. The molecule has 0 amide bonds. The van der Waals surface area contributed by atoms with Crippen LogP contribution in [-0.4, -0.2) is 80.7 Å². The number of rotatable bonds is 25. The zero-order chi connectivity index (χ0) is 73.1. The molecular weight excluding hydrogens is 1390 g/mol. The zero-order valence-electron chi connectivity index (χ0n) is 57.9. The maximum Gasteiger partial charge on any atom is 0.153 e. The lowest BCUT2D eigenvalue weighted by Crippen LogP contribution is -2.28. The second-order valence-corrected chi connectivity index (χ2v) is 27.5. The van der Waals surface area contributed by atoms with Gasteiger partial charge in [-0.3, -0.25) is 20.4 Å². The summed E-state index contributed by atoms with van der Waals surface area (Å²) in [6, 6.07) is 33.5. The topological polar surface area (TPSA) is 314 Å². The molecule has 0 bridgehead atoms. The minimum atomic E-state index is -0.593. The molecule has 8 aromatic heterocycles. The van der Waals surface area contributed by atoms with Crippen molar-refractivity contribution in [2.24, 2.45) is 0 Å². The Bertz CT molecular complexity index is 4750. The van der Waals surface area contributed by atoms with Gasteiger partial charge in [0.25, 0.3) is 0 Å². The van der Waals surface area contributed by atoms with E-state index in [1.54, 1.807) is 54.6 Å². The van der Waals surface area contributed by atoms with Crippen LogP contribution in [0.25, 0.3) is 0 Å². The highest BCUT2D eigenvalue weighted by molar-refractivity contribution is 6.30. The Hall–Kier alpha value is -11.3. The normalized spacial score (nSPS) is 14.7. The lowest BCUT2D eigenvalue weighted by atomic mass is 9.94. The highest BCUT2D eigenvalue weighted by Crippen LogP contribution is 2.43. The molecule has 4 fully saturated rings. The Kier molecular flexibility index (Phi) is 22.3. The number of anilines is 12. The summed E-state index contributed by atoms with van der Waals surface area (Å²) < 4.78 is 68.5. The minimum Gasteiger partial charge on any atom is -0.363 e. The van der Waals surface area contributed by atoms with Crippen LogP contribution in [0.4, 0.5) is 91.8 Å². The molecule has 4 saturated carbocycles. The van der Waals surface area contributed by atoms with Crippen LogP contribution in [0.2, 0.25) is 10.0 Å². The minimum absolute atomic E-state index is 0.248. The molecule has 16 rings (SSSR count). The summed E-state index contributed by atoms with van der Waals surface area (Å²) in [7, 11) is 0. The maximum absolute atomic E-state index is 14.1. The predicted octanol–water partition coefficient (Wildman–Crippen LogP) is 18.5. The molecule has 12 N–H and O–H groups in total. The van der Waals surface area contributed by atoms with E-state index in [0.717, 1.165) is 40.2 Å². The molecule has 3 unspecified atom stereocenters. The molecule has 8 heterocycles. The highest BCUT2D eigenvalue weighted by Gasteiger charge is 2.29. The molecule has 4 aromatic carbocycles. The van der Waals surface area contributed by atoms with E-state index in [-0.39, 0.29) is 35.6 Å². The molecule has 31 heteroatoms. The first kappa shape index (κ1) is 72.0. The predicted molar refractivity (Wildman–Crippen MR) is 396 cm³/mol. The van der Waals surface area contributed by atoms with Crippen molar-refractivity contribution in [1.29, 1.82) is 0 Å². The quantitative estimate of drug-likeness (QED) is 0.0237. The smallest absolute Gasteiger partial charge is 0.153 e. The summed E-state index contributed by atoms with van der Waals surface area (Å²) in [6.07, 6.45) is 16.1. The highest BCUT2D eigenvalue weighted by atomic mass is 35.5. The van der Waals surface area contributed by atoms with Crippen LogP contribution < -0.4 is 42.5 Å². The molecule has 0 spiro atoms. The van der Waals surface area contributed by atoms with Gasteiger partial charge in [-0.2, -0.15) is 20.4 Å². The second kappa shape index (κ2) is 32.6. The molecule has 24 nitrogen and oxygen atoms in total. The van der Waals surface area contributed by atoms with Gasteiger partial charge in [0.05, 0.1) is 23.7 Å². The number of halogens is 7. The fourth-order valence-corrected chi connectivity index (χ4v) is 11.8. The molecule has 4 aliphatic carbocycles. The molecular formula is C74H77Cl2F5N24. The van der Waals surface area contributed by atoms with Gasteiger partial charge in [0.15, 0.2) is 23.3 Å². The lowest BCUT2D eigenvalue weighted by molar-refractivity contribution is 0.558. The van der Waals surface area contributed by atoms with Crippen molar-refractivity contribution in [3.63, 3.8) is 0 Å². The first-order valence-corrected chi connectivity index (χ1v) is 35.3. The van der Waals surface area contributed by atoms with Crippen LogP contribution in [0.15, 0.2) is 153 Å². The van der Waals surface area contributed by atoms with Gasteiger partial charge >= 0.3 is 0 Å². The first-order chi connectivity index (χ1) is 50.8. The Balaban J connectivity index is 0.000000124. The van der Waals surface area contributed by atoms with Crippen molar-refractivity contribution in [1.82, 2.24) is 80.7 Å².